The molecular weight excluding hydrogens is 408 g/mol. The average molecular weight is 439 g/mol. The molecule has 4 aromatic carbocycles. The molecule has 0 unspecified atom stereocenters. The van der Waals surface area contributed by atoms with Crippen LogP contribution in [0.5, 0.6) is 0 Å². The zero-order valence-corrected chi connectivity index (χ0v) is 19.2. The summed E-state index contributed by atoms with van der Waals surface area (Å²) >= 11 is 0. The van der Waals surface area contributed by atoms with Crippen LogP contribution in [-0.4, -0.2) is 18.4 Å². The monoisotopic (exact) mass is 438 g/mol. The Labute approximate surface area is 195 Å². The number of rotatable bonds is 7. The molecule has 4 heteroatoms. The van der Waals surface area contributed by atoms with Gasteiger partial charge >= 0.3 is 0 Å². The molecule has 0 aliphatic heterocycles. The van der Waals surface area contributed by atoms with Crippen molar-refractivity contribution < 1.29 is 9.59 Å². The van der Waals surface area contributed by atoms with Crippen molar-refractivity contribution in [2.24, 2.45) is 0 Å². The van der Waals surface area contributed by atoms with E-state index in [0.717, 1.165) is 23.6 Å². The maximum Gasteiger partial charge on any atom is 0.256 e. The van der Waals surface area contributed by atoms with Crippen LogP contribution >= 0.6 is 0 Å². The van der Waals surface area contributed by atoms with Gasteiger partial charge < -0.3 is 10.6 Å². The predicted octanol–water partition coefficient (Wildman–Crippen LogP) is 6.48. The first-order valence-electron chi connectivity index (χ1n) is 11.4. The third-order valence-corrected chi connectivity index (χ3v) is 5.22. The standard InChI is InChI=1S/C27H24N2O2.C2H6/c30-26(28-19-9-12-20-10-2-1-3-11-20)24-16-6-7-18-25(24)29-27(31)23-17-8-14-21-13-4-5-15-22(21)23;1-2/h1-8,10-11,13-18H,9,12,19H2,(H,28,30)(H,29,31);1-2H3. The number of para-hydroxylation sites is 1. The Morgan fingerprint density at radius 1 is 0.667 bits per heavy atom. The van der Waals surface area contributed by atoms with Gasteiger partial charge in [-0.15, -0.1) is 0 Å². The number of nitrogens with one attached hydrogen (secondary N) is 2. The van der Waals surface area contributed by atoms with Gasteiger partial charge in [-0.05, 0) is 47.4 Å². The van der Waals surface area contributed by atoms with E-state index in [-0.39, 0.29) is 11.8 Å². The van der Waals surface area contributed by atoms with E-state index >= 15 is 0 Å². The van der Waals surface area contributed by atoms with Crippen LogP contribution in [-0.2, 0) is 6.42 Å². The summed E-state index contributed by atoms with van der Waals surface area (Å²) in [7, 11) is 0. The van der Waals surface area contributed by atoms with Gasteiger partial charge in [-0.2, -0.15) is 0 Å². The molecule has 33 heavy (non-hydrogen) atoms. The van der Waals surface area contributed by atoms with Crippen LogP contribution in [0, 0.1) is 0 Å². The van der Waals surface area contributed by atoms with Gasteiger partial charge in [0.2, 0.25) is 0 Å². The molecule has 2 N–H and O–H groups in total. The molecule has 168 valence electrons. The molecule has 0 aromatic heterocycles. The van der Waals surface area contributed by atoms with E-state index in [1.54, 1.807) is 24.3 Å². The Balaban J connectivity index is 0.00000149. The van der Waals surface area contributed by atoms with Gasteiger partial charge in [0.1, 0.15) is 0 Å². The van der Waals surface area contributed by atoms with E-state index < -0.39 is 0 Å². The second-order valence-corrected chi connectivity index (χ2v) is 7.37. The SMILES string of the molecule is CC.O=C(NCCCc1ccccc1)c1ccccc1NC(=O)c1cccc2ccccc12. The summed E-state index contributed by atoms with van der Waals surface area (Å²) in [6, 6.07) is 30.7. The number of fused-ring (bicyclic) bond motifs is 1. The van der Waals surface area contributed by atoms with Crippen LogP contribution in [0.25, 0.3) is 10.8 Å². The van der Waals surface area contributed by atoms with Crippen molar-refractivity contribution in [1.82, 2.24) is 5.32 Å². The fourth-order valence-corrected chi connectivity index (χ4v) is 3.64. The van der Waals surface area contributed by atoms with E-state index in [2.05, 4.69) is 22.8 Å². The molecule has 0 aliphatic carbocycles. The smallest absolute Gasteiger partial charge is 0.256 e. The highest BCUT2D eigenvalue weighted by Crippen LogP contribution is 2.21. The average Bonchev–Trinajstić information content (AvgIpc) is 2.88. The van der Waals surface area contributed by atoms with Crippen molar-refractivity contribution in [1.29, 1.82) is 0 Å². The highest BCUT2D eigenvalue weighted by molar-refractivity contribution is 6.14. The molecule has 0 saturated carbocycles. The van der Waals surface area contributed by atoms with E-state index in [9.17, 15) is 9.59 Å². The molecule has 0 heterocycles. The Kier molecular flexibility index (Phi) is 8.78. The minimum absolute atomic E-state index is 0.193. The van der Waals surface area contributed by atoms with Crippen LogP contribution in [0.1, 0.15) is 46.5 Å². The lowest BCUT2D eigenvalue weighted by Gasteiger charge is -2.12. The van der Waals surface area contributed by atoms with Gasteiger partial charge in [-0.3, -0.25) is 9.59 Å². The molecule has 4 nitrogen and oxygen atoms in total. The van der Waals surface area contributed by atoms with Crippen molar-refractivity contribution >= 4 is 28.3 Å². The normalized spacial score (nSPS) is 10.1. The third kappa shape index (κ3) is 6.30. The number of hydrogen-bond donors (Lipinski definition) is 2. The Morgan fingerprint density at radius 3 is 2.12 bits per heavy atom. The van der Waals surface area contributed by atoms with Crippen molar-refractivity contribution in [3.05, 3.63) is 114 Å². The van der Waals surface area contributed by atoms with Crippen molar-refractivity contribution in [3.8, 4) is 0 Å². The fourth-order valence-electron chi connectivity index (χ4n) is 3.64. The Hall–Kier alpha value is -3.92. The van der Waals surface area contributed by atoms with Crippen LogP contribution in [0.3, 0.4) is 0 Å². The molecule has 2 amide bonds. The van der Waals surface area contributed by atoms with Crippen LogP contribution < -0.4 is 10.6 Å². The number of benzene rings is 4. The van der Waals surface area contributed by atoms with E-state index in [1.807, 2.05) is 74.5 Å². The Morgan fingerprint density at radius 2 is 1.30 bits per heavy atom. The molecular formula is C29H30N2O2. The van der Waals surface area contributed by atoms with E-state index in [4.69, 9.17) is 0 Å². The molecule has 0 fully saturated rings. The highest BCUT2D eigenvalue weighted by atomic mass is 16.2. The molecule has 0 radical (unpaired) electrons. The highest BCUT2D eigenvalue weighted by Gasteiger charge is 2.15. The lowest BCUT2D eigenvalue weighted by Crippen LogP contribution is -2.26. The van der Waals surface area contributed by atoms with E-state index in [0.29, 0.717) is 23.4 Å². The molecule has 0 bridgehead atoms. The lowest BCUT2D eigenvalue weighted by atomic mass is 10.0. The maximum absolute atomic E-state index is 13.0. The van der Waals surface area contributed by atoms with Gasteiger partial charge in [0.05, 0.1) is 11.3 Å². The number of hydrogen-bond acceptors (Lipinski definition) is 2. The molecule has 0 spiro atoms. The van der Waals surface area contributed by atoms with Crippen molar-refractivity contribution in [2.45, 2.75) is 26.7 Å². The maximum atomic E-state index is 13.0. The summed E-state index contributed by atoms with van der Waals surface area (Å²) in [5, 5.41) is 7.76. The van der Waals surface area contributed by atoms with Gasteiger partial charge in [-0.25, -0.2) is 0 Å². The zero-order chi connectivity index (χ0) is 23.5. The summed E-state index contributed by atoms with van der Waals surface area (Å²) in [5.74, 6) is -0.428. The summed E-state index contributed by atoms with van der Waals surface area (Å²) in [4.78, 5) is 25.7. The van der Waals surface area contributed by atoms with Crippen molar-refractivity contribution in [2.75, 3.05) is 11.9 Å². The predicted molar refractivity (Wildman–Crippen MR) is 137 cm³/mol. The van der Waals surface area contributed by atoms with Gasteiger partial charge in [0.15, 0.2) is 0 Å². The molecule has 4 rings (SSSR count). The lowest BCUT2D eigenvalue weighted by molar-refractivity contribution is 0.0954. The number of aryl methyl sites for hydroxylation is 1. The molecule has 4 aromatic rings. The minimum Gasteiger partial charge on any atom is -0.352 e. The number of carbonyl (C=O) groups excluding carboxylic acids is 2. The van der Waals surface area contributed by atoms with Gasteiger partial charge in [-0.1, -0.05) is 92.7 Å². The topological polar surface area (TPSA) is 58.2 Å². The van der Waals surface area contributed by atoms with Crippen LogP contribution in [0.2, 0.25) is 0 Å². The Bertz CT molecular complexity index is 1200. The largest absolute Gasteiger partial charge is 0.352 e. The van der Waals surface area contributed by atoms with Crippen LogP contribution in [0.15, 0.2) is 97.1 Å². The first-order chi connectivity index (χ1) is 16.2. The summed E-state index contributed by atoms with van der Waals surface area (Å²) in [6.45, 7) is 4.57. The second kappa shape index (κ2) is 12.2. The van der Waals surface area contributed by atoms with Gasteiger partial charge in [0.25, 0.3) is 11.8 Å². The summed E-state index contributed by atoms with van der Waals surface area (Å²) < 4.78 is 0. The zero-order valence-electron chi connectivity index (χ0n) is 19.2. The quantitative estimate of drug-likeness (QED) is 0.324. The number of carbonyl (C=O) groups is 2. The second-order valence-electron chi connectivity index (χ2n) is 7.37. The molecule has 0 saturated heterocycles. The molecule has 0 atom stereocenters. The molecule has 0 aliphatic rings. The van der Waals surface area contributed by atoms with Crippen molar-refractivity contribution in [3.63, 3.8) is 0 Å². The van der Waals surface area contributed by atoms with Crippen LogP contribution in [0.4, 0.5) is 5.69 Å². The fraction of sp³-hybridized carbons (Fsp3) is 0.172. The number of anilines is 1. The third-order valence-electron chi connectivity index (χ3n) is 5.22. The summed E-state index contributed by atoms with van der Waals surface area (Å²) in [6.07, 6.45) is 1.75. The van der Waals surface area contributed by atoms with E-state index in [1.165, 1.54) is 5.56 Å². The minimum atomic E-state index is -0.235. The first kappa shape index (κ1) is 23.7. The summed E-state index contributed by atoms with van der Waals surface area (Å²) in [5.41, 5.74) is 2.78. The number of amides is 2. The first-order valence-corrected chi connectivity index (χ1v) is 11.4. The van der Waals surface area contributed by atoms with Gasteiger partial charge in [0, 0.05) is 12.1 Å².